The molecule has 8 heteroatoms. The number of hydrogen-bond acceptors (Lipinski definition) is 5. The minimum absolute atomic E-state index is 0.146. The van der Waals surface area contributed by atoms with Gasteiger partial charge in [-0.05, 0) is 67.4 Å². The van der Waals surface area contributed by atoms with Crippen molar-refractivity contribution in [2.75, 3.05) is 0 Å². The molecule has 198 valence electrons. The van der Waals surface area contributed by atoms with Crippen LogP contribution in [0.4, 0.5) is 0 Å². The van der Waals surface area contributed by atoms with Crippen LogP contribution in [0, 0.1) is 18.3 Å². The number of nitrogens with zero attached hydrogens (tertiary/aromatic N) is 1. The second-order valence-electron chi connectivity index (χ2n) is 9.42. The number of carbonyl (C=O) groups excluding carboxylic acids is 2. The molecule has 3 aromatic carbocycles. The van der Waals surface area contributed by atoms with E-state index in [1.165, 1.54) is 11.1 Å². The molecule has 0 radical (unpaired) electrons. The monoisotopic (exact) mass is 540 g/mol. The van der Waals surface area contributed by atoms with Crippen molar-refractivity contribution in [2.45, 2.75) is 38.9 Å². The lowest BCUT2D eigenvalue weighted by Crippen LogP contribution is -2.45. The van der Waals surface area contributed by atoms with Gasteiger partial charge in [-0.3, -0.25) is 9.59 Å². The van der Waals surface area contributed by atoms with Gasteiger partial charge in [0, 0.05) is 18.0 Å². The lowest BCUT2D eigenvalue weighted by molar-refractivity contribution is -0.119. The Kier molecular flexibility index (Phi) is 8.82. The topological polar surface area (TPSA) is 121 Å². The Labute approximate surface area is 232 Å². The molecule has 0 unspecified atom stereocenters. The molecule has 7 nitrogen and oxygen atoms in total. The number of amides is 2. The lowest BCUT2D eigenvalue weighted by Gasteiger charge is -2.16. The summed E-state index contributed by atoms with van der Waals surface area (Å²) in [6.07, 6.45) is 0.180. The fourth-order valence-corrected chi connectivity index (χ4v) is 4.32. The van der Waals surface area contributed by atoms with Crippen molar-refractivity contribution >= 4 is 23.4 Å². The summed E-state index contributed by atoms with van der Waals surface area (Å²) in [6, 6.07) is 25.1. The molecule has 4 aromatic rings. The quantitative estimate of drug-likeness (QED) is 0.247. The highest BCUT2D eigenvalue weighted by atomic mass is 35.5. The van der Waals surface area contributed by atoms with Gasteiger partial charge in [0.05, 0.1) is 28.8 Å². The van der Waals surface area contributed by atoms with Gasteiger partial charge in [0.25, 0.3) is 5.91 Å². The molecule has 39 heavy (non-hydrogen) atoms. The van der Waals surface area contributed by atoms with Gasteiger partial charge in [0.15, 0.2) is 0 Å². The number of nitriles is 1. The molecule has 4 rings (SSSR count). The number of nitrogens with two attached hydrogens (primary N) is 1. The minimum atomic E-state index is -0.957. The number of nitrogens with one attached hydrogen (secondary N) is 2. The Morgan fingerprint density at radius 2 is 1.74 bits per heavy atom. The molecular formula is C31H29ClN4O3. The van der Waals surface area contributed by atoms with E-state index < -0.39 is 17.9 Å². The number of carbonyl (C=O) groups is 2. The summed E-state index contributed by atoms with van der Waals surface area (Å²) < 4.78 is 6.03. The van der Waals surface area contributed by atoms with E-state index in [0.29, 0.717) is 23.4 Å². The zero-order valence-corrected chi connectivity index (χ0v) is 22.5. The summed E-state index contributed by atoms with van der Waals surface area (Å²) >= 11 is 6.34. The van der Waals surface area contributed by atoms with Crippen molar-refractivity contribution in [3.63, 3.8) is 0 Å². The van der Waals surface area contributed by atoms with Crippen molar-refractivity contribution in [3.05, 3.63) is 117 Å². The van der Waals surface area contributed by atoms with Crippen molar-refractivity contribution in [1.29, 1.82) is 5.26 Å². The lowest BCUT2D eigenvalue weighted by atomic mass is 10.0. The molecule has 0 aliphatic heterocycles. The Hall–Kier alpha value is -4.38. The number of furan rings is 1. The number of halogens is 1. The number of aryl methyl sites for hydroxylation is 1. The summed E-state index contributed by atoms with van der Waals surface area (Å²) in [5.74, 6) is 0.133. The highest BCUT2D eigenvalue weighted by molar-refractivity contribution is 6.34. The molecule has 0 aliphatic carbocycles. The van der Waals surface area contributed by atoms with Crippen LogP contribution in [0.25, 0.3) is 11.3 Å². The number of primary amides is 1. The van der Waals surface area contributed by atoms with Crippen LogP contribution in [0.15, 0.2) is 83.3 Å². The maximum Gasteiger partial charge on any atom is 0.253 e. The van der Waals surface area contributed by atoms with E-state index in [1.54, 1.807) is 42.5 Å². The number of benzene rings is 3. The number of hydrogen-bond donors (Lipinski definition) is 3. The summed E-state index contributed by atoms with van der Waals surface area (Å²) in [6.45, 7) is 4.69. The maximum atomic E-state index is 13.1. The molecular weight excluding hydrogens is 512 g/mol. The molecule has 2 atom stereocenters. The molecule has 4 N–H and O–H groups in total. The Bertz CT molecular complexity index is 1500. The highest BCUT2D eigenvalue weighted by Crippen LogP contribution is 2.27. The van der Waals surface area contributed by atoms with Gasteiger partial charge in [-0.15, -0.1) is 0 Å². The zero-order chi connectivity index (χ0) is 27.9. The van der Waals surface area contributed by atoms with Gasteiger partial charge in [0.2, 0.25) is 5.91 Å². The van der Waals surface area contributed by atoms with Gasteiger partial charge in [-0.25, -0.2) is 0 Å². The van der Waals surface area contributed by atoms with Gasteiger partial charge in [0.1, 0.15) is 17.6 Å². The Morgan fingerprint density at radius 3 is 2.41 bits per heavy atom. The van der Waals surface area contributed by atoms with E-state index in [9.17, 15) is 9.59 Å². The van der Waals surface area contributed by atoms with Crippen LogP contribution in [0.5, 0.6) is 0 Å². The van der Waals surface area contributed by atoms with Crippen molar-refractivity contribution in [3.8, 4) is 17.4 Å². The summed E-state index contributed by atoms with van der Waals surface area (Å²) in [5, 5.41) is 15.3. The summed E-state index contributed by atoms with van der Waals surface area (Å²) in [4.78, 5) is 25.2. The van der Waals surface area contributed by atoms with Crippen molar-refractivity contribution < 1.29 is 14.0 Å². The largest absolute Gasteiger partial charge is 0.460 e. The van der Waals surface area contributed by atoms with Crippen LogP contribution in [0.1, 0.15) is 51.3 Å². The molecule has 0 saturated carbocycles. The predicted octanol–water partition coefficient (Wildman–Crippen LogP) is 5.46. The molecule has 0 spiro atoms. The first-order valence-electron chi connectivity index (χ1n) is 12.5. The molecule has 0 saturated heterocycles. The van der Waals surface area contributed by atoms with E-state index in [2.05, 4.69) is 48.7 Å². The molecule has 1 heterocycles. The van der Waals surface area contributed by atoms with Gasteiger partial charge < -0.3 is 20.8 Å². The maximum absolute atomic E-state index is 13.1. The van der Waals surface area contributed by atoms with E-state index in [0.717, 1.165) is 11.3 Å². The third-order valence-corrected chi connectivity index (χ3v) is 6.82. The average molecular weight is 541 g/mol. The average Bonchev–Trinajstić information content (AvgIpc) is 3.41. The minimum Gasteiger partial charge on any atom is -0.460 e. The first kappa shape index (κ1) is 27.6. The first-order chi connectivity index (χ1) is 18.7. The van der Waals surface area contributed by atoms with Gasteiger partial charge >= 0.3 is 0 Å². The summed E-state index contributed by atoms with van der Waals surface area (Å²) in [7, 11) is 0. The fourth-order valence-electron chi connectivity index (χ4n) is 4.12. The molecule has 1 aromatic heterocycles. The van der Waals surface area contributed by atoms with E-state index in [4.69, 9.17) is 27.0 Å². The van der Waals surface area contributed by atoms with Crippen LogP contribution in [-0.4, -0.2) is 17.9 Å². The van der Waals surface area contributed by atoms with E-state index in [-0.39, 0.29) is 23.0 Å². The normalized spacial score (nSPS) is 12.4. The standard InChI is InChI=1S/C31H29ClN4O3/c1-19-3-9-23(10-4-19)20(2)35-18-25-12-14-29(39-25)24-11-13-27(32)26(16-24)31(38)36-28(30(34)37)15-21-5-7-22(17-33)8-6-21/h3-14,16,20,28,35H,15,18H2,1-2H3,(H2,34,37)(H,36,38)/t20-,28-/m1/s1. The van der Waals surface area contributed by atoms with Crippen LogP contribution in [-0.2, 0) is 17.8 Å². The van der Waals surface area contributed by atoms with Crippen LogP contribution >= 0.6 is 11.6 Å². The van der Waals surface area contributed by atoms with Crippen molar-refractivity contribution in [1.82, 2.24) is 10.6 Å². The Morgan fingerprint density at radius 1 is 1.03 bits per heavy atom. The fraction of sp³-hybridized carbons (Fsp3) is 0.194. The van der Waals surface area contributed by atoms with E-state index >= 15 is 0 Å². The third kappa shape index (κ3) is 7.14. The van der Waals surface area contributed by atoms with Crippen molar-refractivity contribution in [2.24, 2.45) is 5.73 Å². The smallest absolute Gasteiger partial charge is 0.253 e. The Balaban J connectivity index is 1.44. The number of rotatable bonds is 10. The third-order valence-electron chi connectivity index (χ3n) is 6.49. The molecule has 0 fully saturated rings. The second-order valence-corrected chi connectivity index (χ2v) is 9.82. The van der Waals surface area contributed by atoms with Gasteiger partial charge in [-0.1, -0.05) is 53.6 Å². The summed E-state index contributed by atoms with van der Waals surface area (Å²) in [5.41, 5.74) is 10.1. The molecule has 0 bridgehead atoms. The van der Waals surface area contributed by atoms with Crippen LogP contribution in [0.3, 0.4) is 0 Å². The highest BCUT2D eigenvalue weighted by Gasteiger charge is 2.22. The van der Waals surface area contributed by atoms with E-state index in [1.807, 2.05) is 18.2 Å². The predicted molar refractivity (Wildman–Crippen MR) is 151 cm³/mol. The van der Waals surface area contributed by atoms with Crippen LogP contribution in [0.2, 0.25) is 5.02 Å². The molecule has 2 amide bonds. The SMILES string of the molecule is Cc1ccc([C@@H](C)NCc2ccc(-c3ccc(Cl)c(C(=O)N[C@H](Cc4ccc(C#N)cc4)C(N)=O)c3)o2)cc1. The van der Waals surface area contributed by atoms with Gasteiger partial charge in [-0.2, -0.15) is 5.26 Å². The first-order valence-corrected chi connectivity index (χ1v) is 12.9. The van der Waals surface area contributed by atoms with Crippen LogP contribution < -0.4 is 16.4 Å². The second kappa shape index (κ2) is 12.4. The zero-order valence-electron chi connectivity index (χ0n) is 21.7. The molecule has 0 aliphatic rings.